The van der Waals surface area contributed by atoms with Gasteiger partial charge in [0, 0.05) is 23.7 Å². The van der Waals surface area contributed by atoms with Crippen LogP contribution in [0.3, 0.4) is 0 Å². The molecule has 3 N–H and O–H groups in total. The first-order valence-electron chi connectivity index (χ1n) is 12.3. The molecule has 0 aliphatic heterocycles. The molecule has 188 valence electrons. The van der Waals surface area contributed by atoms with E-state index in [2.05, 4.69) is 20.6 Å². The predicted octanol–water partition coefficient (Wildman–Crippen LogP) is 2.21. The molecule has 2 aliphatic carbocycles. The van der Waals surface area contributed by atoms with Gasteiger partial charge in [-0.15, -0.1) is 0 Å². The minimum absolute atomic E-state index is 0.000162. The van der Waals surface area contributed by atoms with Crippen LogP contribution in [0.1, 0.15) is 56.7 Å². The number of H-pyrrole nitrogens is 1. The van der Waals surface area contributed by atoms with Crippen LogP contribution in [0.5, 0.6) is 5.75 Å². The molecule has 4 aromatic heterocycles. The molecule has 0 radical (unpaired) electrons. The summed E-state index contributed by atoms with van der Waals surface area (Å²) in [5.74, 6) is 0.948. The third-order valence-corrected chi connectivity index (χ3v) is 7.48. The van der Waals surface area contributed by atoms with Crippen molar-refractivity contribution >= 4 is 16.9 Å². The number of carbonyl (C=O) groups is 1. The zero-order valence-electron chi connectivity index (χ0n) is 20.4. The minimum atomic E-state index is -0.920. The van der Waals surface area contributed by atoms with E-state index >= 15 is 0 Å². The molecular weight excluding hydrogens is 460 g/mol. The second kappa shape index (κ2) is 8.19. The number of hydrogen-bond donors (Lipinski definition) is 3. The summed E-state index contributed by atoms with van der Waals surface area (Å²) in [5.41, 5.74) is 2.69. The smallest absolute Gasteiger partial charge is 0.346 e. The molecule has 0 bridgehead atoms. The number of nitrogens with zero attached hydrogens (tertiary/aromatic N) is 4. The van der Waals surface area contributed by atoms with Gasteiger partial charge < -0.3 is 15.2 Å². The Morgan fingerprint density at radius 2 is 2.06 bits per heavy atom. The molecule has 6 rings (SSSR count). The molecule has 1 amide bonds. The van der Waals surface area contributed by atoms with Crippen molar-refractivity contribution in [2.45, 2.75) is 63.5 Å². The fourth-order valence-corrected chi connectivity index (χ4v) is 5.84. The Balaban J connectivity index is 1.02. The summed E-state index contributed by atoms with van der Waals surface area (Å²) in [6.07, 6.45) is 9.52. The maximum absolute atomic E-state index is 12.7. The average molecular weight is 491 g/mol. The highest BCUT2D eigenvalue weighted by molar-refractivity contribution is 5.81. The van der Waals surface area contributed by atoms with E-state index in [1.54, 1.807) is 41.4 Å². The largest absolute Gasteiger partial charge is 0.489 e. The number of rotatable bonds is 7. The first-order valence-corrected chi connectivity index (χ1v) is 12.3. The summed E-state index contributed by atoms with van der Waals surface area (Å²) < 4.78 is 8.94. The molecule has 4 aromatic rings. The van der Waals surface area contributed by atoms with Gasteiger partial charge >= 0.3 is 5.69 Å². The number of hydrogen-bond acceptors (Lipinski definition) is 6. The SMILES string of the molecule is CC(C)(O)COc1ccc2c(CC(=O)NC3CC4(C3)CC(c3n[nH]c(=O)n5cccc35)C4)cnn2c1. The second-order valence-corrected chi connectivity index (χ2v) is 11.1. The Morgan fingerprint density at radius 3 is 2.83 bits per heavy atom. The van der Waals surface area contributed by atoms with Gasteiger partial charge in [0.15, 0.2) is 0 Å². The van der Waals surface area contributed by atoms with Crippen LogP contribution in [0.2, 0.25) is 0 Å². The lowest BCUT2D eigenvalue weighted by Crippen LogP contribution is -2.56. The second-order valence-electron chi connectivity index (χ2n) is 11.1. The van der Waals surface area contributed by atoms with Crippen LogP contribution >= 0.6 is 0 Å². The normalized spacial score (nSPS) is 23.5. The molecule has 2 saturated carbocycles. The standard InChI is InChI=1S/C26H30N6O4/c1-25(2,35)15-36-19-5-6-20-16(13-27-32(20)14-19)8-22(33)28-18-11-26(12-18)9-17(10-26)23-21-4-3-7-31(21)24(34)30-29-23/h3-7,13-14,17-18,35H,8-12,15H2,1-2H3,(H,28,33)(H,30,34). The van der Waals surface area contributed by atoms with Crippen LogP contribution < -0.4 is 15.7 Å². The first-order chi connectivity index (χ1) is 17.2. The van der Waals surface area contributed by atoms with Crippen LogP contribution in [0.4, 0.5) is 0 Å². The number of fused-ring (bicyclic) bond motifs is 2. The number of nitrogens with one attached hydrogen (secondary N) is 2. The van der Waals surface area contributed by atoms with Gasteiger partial charge in [-0.2, -0.15) is 10.2 Å². The van der Waals surface area contributed by atoms with Gasteiger partial charge in [-0.1, -0.05) is 0 Å². The number of ether oxygens (including phenoxy) is 1. The van der Waals surface area contributed by atoms with Crippen LogP contribution in [-0.2, 0) is 11.2 Å². The molecule has 0 atom stereocenters. The molecule has 36 heavy (non-hydrogen) atoms. The van der Waals surface area contributed by atoms with E-state index in [1.165, 1.54) is 0 Å². The van der Waals surface area contributed by atoms with Crippen molar-refractivity contribution in [3.05, 3.63) is 64.6 Å². The highest BCUT2D eigenvalue weighted by Crippen LogP contribution is 2.61. The van der Waals surface area contributed by atoms with E-state index in [-0.39, 0.29) is 36.1 Å². The topological polar surface area (TPSA) is 126 Å². The minimum Gasteiger partial charge on any atom is -0.489 e. The van der Waals surface area contributed by atoms with Gasteiger partial charge in [0.2, 0.25) is 5.91 Å². The fraction of sp³-hybridized carbons (Fsp3) is 0.462. The maximum atomic E-state index is 12.7. The first kappa shape index (κ1) is 22.8. The van der Waals surface area contributed by atoms with Gasteiger partial charge in [-0.25, -0.2) is 14.4 Å². The summed E-state index contributed by atoms with van der Waals surface area (Å²) in [4.78, 5) is 24.6. The van der Waals surface area contributed by atoms with Crippen molar-refractivity contribution in [3.63, 3.8) is 0 Å². The Hall–Kier alpha value is -3.66. The molecule has 4 heterocycles. The van der Waals surface area contributed by atoms with Gasteiger partial charge in [0.1, 0.15) is 12.4 Å². The molecule has 0 unspecified atom stereocenters. The zero-order valence-corrected chi connectivity index (χ0v) is 20.4. The zero-order chi connectivity index (χ0) is 25.1. The van der Waals surface area contributed by atoms with Crippen molar-refractivity contribution in [3.8, 4) is 5.75 Å². The van der Waals surface area contributed by atoms with Crippen LogP contribution in [-0.4, -0.2) is 53.5 Å². The molecule has 0 saturated heterocycles. The van der Waals surface area contributed by atoms with Crippen molar-refractivity contribution < 1.29 is 14.6 Å². The summed E-state index contributed by atoms with van der Waals surface area (Å²) >= 11 is 0. The van der Waals surface area contributed by atoms with E-state index < -0.39 is 5.60 Å². The maximum Gasteiger partial charge on any atom is 0.346 e. The van der Waals surface area contributed by atoms with Crippen molar-refractivity contribution in [2.75, 3.05) is 6.61 Å². The van der Waals surface area contributed by atoms with Crippen LogP contribution in [0, 0.1) is 5.41 Å². The highest BCUT2D eigenvalue weighted by Gasteiger charge is 2.54. The van der Waals surface area contributed by atoms with Gasteiger partial charge in [-0.3, -0.25) is 9.20 Å². The fourth-order valence-electron chi connectivity index (χ4n) is 5.84. The van der Waals surface area contributed by atoms with E-state index in [0.717, 1.165) is 48.0 Å². The number of aromatic amines is 1. The van der Waals surface area contributed by atoms with Gasteiger partial charge in [0.25, 0.3) is 0 Å². The Labute approximate surface area is 207 Å². The highest BCUT2D eigenvalue weighted by atomic mass is 16.5. The molecule has 0 aromatic carbocycles. The Kier molecular flexibility index (Phi) is 5.18. The quantitative estimate of drug-likeness (QED) is 0.365. The number of carbonyl (C=O) groups excluding carboxylic acids is 1. The summed E-state index contributed by atoms with van der Waals surface area (Å²) in [5, 5.41) is 24.3. The predicted molar refractivity (Wildman–Crippen MR) is 132 cm³/mol. The molecule has 10 heteroatoms. The summed E-state index contributed by atoms with van der Waals surface area (Å²) in [6, 6.07) is 7.71. The number of amides is 1. The molecule has 1 spiro atoms. The van der Waals surface area contributed by atoms with E-state index in [4.69, 9.17) is 4.74 Å². The average Bonchev–Trinajstić information content (AvgIpc) is 3.41. The Morgan fingerprint density at radius 1 is 1.25 bits per heavy atom. The van der Waals surface area contributed by atoms with Crippen LogP contribution in [0.15, 0.2) is 47.7 Å². The van der Waals surface area contributed by atoms with Gasteiger partial charge in [-0.05, 0) is 69.2 Å². The van der Waals surface area contributed by atoms with Crippen molar-refractivity contribution in [2.24, 2.45) is 5.41 Å². The van der Waals surface area contributed by atoms with Crippen molar-refractivity contribution in [1.29, 1.82) is 0 Å². The molecular formula is C26H30N6O4. The van der Waals surface area contributed by atoms with E-state index in [9.17, 15) is 14.7 Å². The monoisotopic (exact) mass is 490 g/mol. The third-order valence-electron chi connectivity index (χ3n) is 7.48. The lowest BCUT2D eigenvalue weighted by atomic mass is 9.49. The Bertz CT molecular complexity index is 1500. The van der Waals surface area contributed by atoms with E-state index in [1.807, 2.05) is 24.3 Å². The lowest BCUT2D eigenvalue weighted by Gasteiger charge is -2.57. The lowest BCUT2D eigenvalue weighted by molar-refractivity contribution is -0.124. The molecule has 10 nitrogen and oxygen atoms in total. The number of aliphatic hydroxyl groups is 1. The molecule has 2 aliphatic rings. The van der Waals surface area contributed by atoms with Crippen molar-refractivity contribution in [1.82, 2.24) is 29.5 Å². The third kappa shape index (κ3) is 4.15. The van der Waals surface area contributed by atoms with E-state index in [0.29, 0.717) is 11.7 Å². The molecule has 2 fully saturated rings. The number of pyridine rings is 1. The summed E-state index contributed by atoms with van der Waals surface area (Å²) in [7, 11) is 0. The van der Waals surface area contributed by atoms with Crippen LogP contribution in [0.25, 0.3) is 11.0 Å². The van der Waals surface area contributed by atoms with Gasteiger partial charge in [0.05, 0.1) is 41.1 Å². The number of aromatic nitrogens is 5. The summed E-state index contributed by atoms with van der Waals surface area (Å²) in [6.45, 7) is 3.55.